The predicted molar refractivity (Wildman–Crippen MR) is 209 cm³/mol. The van der Waals surface area contributed by atoms with Crippen molar-refractivity contribution in [3.8, 4) is 0 Å². The molecule has 4 saturated carbocycles. The molecule has 11 nitrogen and oxygen atoms in total. The number of aliphatic hydroxyl groups is 1. The number of aliphatic carboxylic acids is 1. The van der Waals surface area contributed by atoms with Crippen LogP contribution in [0.15, 0.2) is 22.0 Å². The van der Waals surface area contributed by atoms with Crippen LogP contribution in [0.3, 0.4) is 0 Å². The van der Waals surface area contributed by atoms with E-state index in [1.807, 2.05) is 14.1 Å². The largest absolute Gasteiger partial charge is 0.481 e. The highest BCUT2D eigenvalue weighted by Gasteiger charge is 2.71. The van der Waals surface area contributed by atoms with E-state index in [1.54, 1.807) is 13.8 Å². The zero-order chi connectivity index (χ0) is 40.5. The highest BCUT2D eigenvalue weighted by atomic mass is 16.5. The van der Waals surface area contributed by atoms with Gasteiger partial charge in [-0.3, -0.25) is 19.3 Å². The van der Waals surface area contributed by atoms with Gasteiger partial charge in [0.2, 0.25) is 12.3 Å². The van der Waals surface area contributed by atoms with Gasteiger partial charge in [0, 0.05) is 36.9 Å². The lowest BCUT2D eigenvalue weighted by atomic mass is 9.33. The summed E-state index contributed by atoms with van der Waals surface area (Å²) in [5.41, 5.74) is 0.256. The lowest BCUT2D eigenvalue weighted by molar-refractivity contribution is -0.235. The summed E-state index contributed by atoms with van der Waals surface area (Å²) in [6, 6.07) is 0. The van der Waals surface area contributed by atoms with Crippen molar-refractivity contribution in [3.63, 3.8) is 0 Å². The number of likely N-dealkylation sites (N-methyl/N-ethyl adjacent to an activating group) is 1. The lowest BCUT2D eigenvalue weighted by Gasteiger charge is -2.72. The molecule has 0 aliphatic heterocycles. The van der Waals surface area contributed by atoms with Crippen molar-refractivity contribution in [1.29, 1.82) is 0 Å². The predicted octanol–water partition coefficient (Wildman–Crippen LogP) is 7.19. The first kappa shape index (κ1) is 42.0. The van der Waals surface area contributed by atoms with Crippen LogP contribution in [0.25, 0.3) is 0 Å². The maximum atomic E-state index is 14.2. The molecule has 1 aromatic rings. The Morgan fingerprint density at radius 1 is 0.982 bits per heavy atom. The Hall–Kier alpha value is -2.63. The smallest absolute Gasteiger partial charge is 0.309 e. The van der Waals surface area contributed by atoms with E-state index in [2.05, 4.69) is 68.5 Å². The van der Waals surface area contributed by atoms with Crippen LogP contribution in [0.1, 0.15) is 132 Å². The van der Waals surface area contributed by atoms with Crippen LogP contribution in [0.2, 0.25) is 0 Å². The van der Waals surface area contributed by atoms with Crippen molar-refractivity contribution in [2.75, 3.05) is 33.7 Å². The van der Waals surface area contributed by atoms with E-state index in [0.717, 1.165) is 70.0 Å². The summed E-state index contributed by atoms with van der Waals surface area (Å²) in [7, 11) is 4.09. The van der Waals surface area contributed by atoms with Crippen LogP contribution in [0.5, 0.6) is 0 Å². The van der Waals surface area contributed by atoms with Crippen molar-refractivity contribution in [2.45, 2.75) is 145 Å². The number of rotatable bonds is 13. The number of ketones is 1. The molecule has 2 unspecified atom stereocenters. The van der Waals surface area contributed by atoms with Gasteiger partial charge in [-0.15, -0.1) is 10.2 Å². The fourth-order valence-electron chi connectivity index (χ4n) is 13.4. The van der Waals surface area contributed by atoms with Crippen LogP contribution in [-0.4, -0.2) is 93.9 Å². The number of nitrogens with zero attached hydrogens (tertiary/aromatic N) is 4. The average Bonchev–Trinajstić information content (AvgIpc) is 3.70. The molecule has 0 radical (unpaired) electrons. The summed E-state index contributed by atoms with van der Waals surface area (Å²) >= 11 is 0. The van der Waals surface area contributed by atoms with Crippen molar-refractivity contribution < 1.29 is 33.8 Å². The zero-order valence-corrected chi connectivity index (χ0v) is 35.7. The van der Waals surface area contributed by atoms with Gasteiger partial charge in [-0.05, 0) is 125 Å². The number of aromatic nitrogens is 2. The van der Waals surface area contributed by atoms with Gasteiger partial charge in [-0.25, -0.2) is 0 Å². The normalized spacial score (nSPS) is 36.4. The summed E-state index contributed by atoms with van der Waals surface area (Å²) in [5.74, 6) is 0.443. The van der Waals surface area contributed by atoms with Crippen LogP contribution in [0.4, 0.5) is 0 Å². The van der Waals surface area contributed by atoms with Crippen molar-refractivity contribution in [2.24, 2.45) is 56.2 Å². The number of hydrogen-bond donors (Lipinski definition) is 2. The molecule has 11 heteroatoms. The molecule has 308 valence electrons. The number of fused-ring (bicyclic) bond motifs is 7. The van der Waals surface area contributed by atoms with E-state index >= 15 is 0 Å². The quantitative estimate of drug-likeness (QED) is 0.197. The maximum absolute atomic E-state index is 14.2. The molecular formula is C44H70N4O7. The molecule has 5 aliphatic carbocycles. The highest BCUT2D eigenvalue weighted by Crippen LogP contribution is 2.77. The van der Waals surface area contributed by atoms with E-state index in [9.17, 15) is 24.6 Å². The van der Waals surface area contributed by atoms with Gasteiger partial charge in [0.25, 0.3) is 0 Å². The van der Waals surface area contributed by atoms with Gasteiger partial charge in [0.1, 0.15) is 6.10 Å². The molecule has 5 aliphatic rings. The van der Waals surface area contributed by atoms with Crippen LogP contribution in [-0.2, 0) is 25.7 Å². The van der Waals surface area contributed by atoms with Gasteiger partial charge in [0.05, 0.1) is 24.5 Å². The topological polar surface area (TPSA) is 146 Å². The third-order valence-corrected chi connectivity index (χ3v) is 16.6. The first-order chi connectivity index (χ1) is 25.5. The molecule has 1 aromatic heterocycles. The second-order valence-corrected chi connectivity index (χ2v) is 20.9. The van der Waals surface area contributed by atoms with E-state index in [-0.39, 0.29) is 51.8 Å². The van der Waals surface area contributed by atoms with Crippen molar-refractivity contribution in [1.82, 2.24) is 20.0 Å². The van der Waals surface area contributed by atoms with Gasteiger partial charge in [0.15, 0.2) is 5.78 Å². The van der Waals surface area contributed by atoms with Gasteiger partial charge in [-0.2, -0.15) is 0 Å². The molecular weight excluding hydrogens is 697 g/mol. The number of carbonyl (C=O) groups excluding carboxylic acids is 2. The number of allylic oxidation sites excluding steroid dienone is 1. The molecule has 4 fully saturated rings. The molecule has 55 heavy (non-hydrogen) atoms. The maximum Gasteiger partial charge on any atom is 0.309 e. The van der Waals surface area contributed by atoms with Crippen LogP contribution >= 0.6 is 0 Å². The molecule has 6 rings (SSSR count). The summed E-state index contributed by atoms with van der Waals surface area (Å²) < 4.78 is 11.7. The third-order valence-electron chi connectivity index (χ3n) is 16.6. The highest BCUT2D eigenvalue weighted by molar-refractivity contribution is 6.00. The third kappa shape index (κ3) is 6.93. The number of ether oxygens (including phenoxy) is 1. The van der Waals surface area contributed by atoms with Crippen LogP contribution < -0.4 is 0 Å². The number of carboxylic acid groups (broad SMARTS) is 1. The Bertz CT molecular complexity index is 1650. The molecule has 0 amide bonds. The van der Waals surface area contributed by atoms with Crippen LogP contribution in [0, 0.1) is 56.2 Å². The Kier molecular flexibility index (Phi) is 11.2. The average molecular weight is 767 g/mol. The number of esters is 1. The number of carbonyl (C=O) groups is 3. The Morgan fingerprint density at radius 3 is 2.31 bits per heavy atom. The van der Waals surface area contributed by atoms with Crippen molar-refractivity contribution >= 4 is 17.7 Å². The number of aliphatic hydroxyl groups excluding tert-OH is 1. The second kappa shape index (κ2) is 14.6. The molecule has 0 aromatic carbocycles. The summed E-state index contributed by atoms with van der Waals surface area (Å²) in [5, 5.41) is 30.2. The number of hydrogen-bond acceptors (Lipinski definition) is 10. The van der Waals surface area contributed by atoms with Gasteiger partial charge in [-0.1, -0.05) is 54.0 Å². The first-order valence-corrected chi connectivity index (χ1v) is 21.0. The minimum absolute atomic E-state index is 0.0276. The lowest BCUT2D eigenvalue weighted by Crippen LogP contribution is -2.66. The molecule has 0 bridgehead atoms. The molecule has 0 saturated heterocycles. The minimum Gasteiger partial charge on any atom is -0.481 e. The fraction of sp³-hybridized carbons (Fsp3) is 0.841. The SMILES string of the molecule is CC(C)C1=C2[C@H]3CC[C@@H]4[C@@]5(C)CC[C@H](OC(=O)CC(C)(C)C(=O)O)C(C)(C)[C@@H]5CC[C@@]4(C)[C@]3(C)CCC2(C(O)CN(CCN(C)C)Cc2nnco2)CC1=O. The van der Waals surface area contributed by atoms with Crippen molar-refractivity contribution in [3.05, 3.63) is 23.4 Å². The Morgan fingerprint density at radius 2 is 1.69 bits per heavy atom. The summed E-state index contributed by atoms with van der Waals surface area (Å²) in [6.07, 6.45) is 8.28. The Balaban J connectivity index is 1.28. The summed E-state index contributed by atoms with van der Waals surface area (Å²) in [6.45, 7) is 22.0. The van der Waals surface area contributed by atoms with E-state index < -0.39 is 28.9 Å². The van der Waals surface area contributed by atoms with Gasteiger partial charge >= 0.3 is 11.9 Å². The van der Waals surface area contributed by atoms with E-state index in [1.165, 1.54) is 12.0 Å². The molecule has 0 spiro atoms. The Labute approximate surface area is 329 Å². The first-order valence-electron chi connectivity index (χ1n) is 21.0. The fourth-order valence-corrected chi connectivity index (χ4v) is 13.4. The molecule has 1 heterocycles. The zero-order valence-electron chi connectivity index (χ0n) is 35.7. The molecule has 2 N–H and O–H groups in total. The summed E-state index contributed by atoms with van der Waals surface area (Å²) in [4.78, 5) is 43.5. The van der Waals surface area contributed by atoms with E-state index in [0.29, 0.717) is 37.2 Å². The monoisotopic (exact) mass is 767 g/mol. The number of carboxylic acids is 1. The number of Topliss-reactive ketones (excluding diaryl/α,β-unsaturated/α-hetero) is 1. The van der Waals surface area contributed by atoms with Gasteiger partial charge < -0.3 is 24.3 Å². The second-order valence-electron chi connectivity index (χ2n) is 20.9. The van der Waals surface area contributed by atoms with E-state index in [4.69, 9.17) is 9.15 Å². The minimum atomic E-state index is -1.17. The molecule has 9 atom stereocenters. The standard InChI is InChI=1S/C44H70N4O7/c1-27(2)36-29(49)22-44(32(50)24-48(21-20-47(10)11)25-34-46-45-26-54-34)19-18-42(8)28(37(36)44)12-13-31-41(7)16-15-33(55-35(51)23-39(3,4)38(52)53)40(5,6)30(41)14-17-43(31,42)9/h26-28,30-33,50H,12-25H2,1-11H3,(H,52,53)/t28-,30+,31-,32?,33+,41+,42-,43-,44?/m1/s1.